The van der Waals surface area contributed by atoms with Gasteiger partial charge in [-0.15, -0.1) is 0 Å². The number of carbonyl (C=O) groups is 2. The molecular formula is C42H52FN7O6. The van der Waals surface area contributed by atoms with E-state index in [1.54, 1.807) is 29.2 Å². The number of nitrogens with zero attached hydrogens (tertiary/aromatic N) is 5. The van der Waals surface area contributed by atoms with Gasteiger partial charge in [-0.25, -0.2) is 9.37 Å². The first-order valence-electron chi connectivity index (χ1n) is 19.1. The number of morpholine rings is 1. The predicted molar refractivity (Wildman–Crippen MR) is 213 cm³/mol. The van der Waals surface area contributed by atoms with Crippen LogP contribution in [0.2, 0.25) is 0 Å². The van der Waals surface area contributed by atoms with E-state index in [9.17, 15) is 9.59 Å². The van der Waals surface area contributed by atoms with Crippen molar-refractivity contribution >= 4 is 29.1 Å². The van der Waals surface area contributed by atoms with Crippen LogP contribution < -0.4 is 20.1 Å². The van der Waals surface area contributed by atoms with Gasteiger partial charge in [0.1, 0.15) is 24.0 Å². The average Bonchev–Trinajstić information content (AvgIpc) is 3.20. The van der Waals surface area contributed by atoms with Crippen LogP contribution in [0.15, 0.2) is 66.9 Å². The Balaban J connectivity index is 1.15. The van der Waals surface area contributed by atoms with Crippen LogP contribution in [0.4, 0.5) is 21.7 Å². The van der Waals surface area contributed by atoms with Crippen LogP contribution in [0.3, 0.4) is 0 Å². The highest BCUT2D eigenvalue weighted by atomic mass is 19.1. The summed E-state index contributed by atoms with van der Waals surface area (Å²) < 4.78 is 38.2. The van der Waals surface area contributed by atoms with Crippen LogP contribution in [0.25, 0.3) is 0 Å². The molecule has 3 aromatic carbocycles. The summed E-state index contributed by atoms with van der Waals surface area (Å²) >= 11 is 0. The summed E-state index contributed by atoms with van der Waals surface area (Å²) in [5.41, 5.74) is 3.83. The quantitative estimate of drug-likeness (QED) is 0.151. The summed E-state index contributed by atoms with van der Waals surface area (Å²) in [6, 6.07) is 18.0. The SMILES string of the molecule is COC(Cc1ccc(Oc2nc(Nc3ccc(OCCN4CCN(C(C)C)CC4)c(F)c3)ncc2C(=O)Nc2c(C)cccc2C)cc1)C(=O)N1CCOCC1. The fourth-order valence-electron chi connectivity index (χ4n) is 6.74. The maximum atomic E-state index is 15.2. The van der Waals surface area contributed by atoms with Crippen molar-refractivity contribution in [2.24, 2.45) is 0 Å². The Morgan fingerprint density at radius 2 is 1.66 bits per heavy atom. The second kappa shape index (κ2) is 19.1. The zero-order valence-electron chi connectivity index (χ0n) is 32.8. The lowest BCUT2D eigenvalue weighted by molar-refractivity contribution is -0.146. The summed E-state index contributed by atoms with van der Waals surface area (Å²) in [6.07, 6.45) is 1.10. The molecule has 0 saturated carbocycles. The molecule has 13 nitrogen and oxygen atoms in total. The largest absolute Gasteiger partial charge is 0.489 e. The molecule has 4 aromatic rings. The number of benzene rings is 3. The van der Waals surface area contributed by atoms with Crippen molar-refractivity contribution in [3.8, 4) is 17.4 Å². The molecule has 6 rings (SSSR count). The number of aryl methyl sites for hydroxylation is 2. The van der Waals surface area contributed by atoms with Crippen LogP contribution in [0.5, 0.6) is 17.4 Å². The fourth-order valence-corrected chi connectivity index (χ4v) is 6.74. The van der Waals surface area contributed by atoms with E-state index in [1.807, 2.05) is 44.2 Å². The predicted octanol–water partition coefficient (Wildman–Crippen LogP) is 5.84. The van der Waals surface area contributed by atoms with Gasteiger partial charge in [-0.05, 0) is 68.7 Å². The van der Waals surface area contributed by atoms with Gasteiger partial charge < -0.3 is 34.5 Å². The van der Waals surface area contributed by atoms with E-state index in [0.29, 0.717) is 62.5 Å². The van der Waals surface area contributed by atoms with Gasteiger partial charge in [0, 0.05) is 89.0 Å². The zero-order chi connectivity index (χ0) is 39.6. The number of piperazine rings is 1. The van der Waals surface area contributed by atoms with Crippen LogP contribution in [-0.2, 0) is 20.7 Å². The van der Waals surface area contributed by atoms with Crippen LogP contribution in [-0.4, -0.2) is 121 Å². The van der Waals surface area contributed by atoms with Gasteiger partial charge in [0.15, 0.2) is 11.6 Å². The Morgan fingerprint density at radius 1 is 0.946 bits per heavy atom. The summed E-state index contributed by atoms with van der Waals surface area (Å²) in [6.45, 7) is 15.4. The molecule has 3 heterocycles. The highest BCUT2D eigenvalue weighted by Crippen LogP contribution is 2.29. The standard InChI is InChI=1S/C42H52FN7O6/c1-28(2)49-17-15-48(16-18-49)19-24-55-36-14-11-32(26-35(36)43)45-42-44-27-34(39(51)46-38-29(3)7-6-8-30(38)4)40(47-42)56-33-12-9-31(10-13-33)25-37(53-5)41(52)50-20-22-54-23-21-50/h6-14,26-28,37H,15-25H2,1-5H3,(H,46,51)(H,44,45,47). The molecule has 1 atom stereocenters. The molecule has 0 spiro atoms. The number of ether oxygens (including phenoxy) is 4. The number of carbonyl (C=O) groups excluding carboxylic acids is 2. The number of nitrogens with one attached hydrogen (secondary N) is 2. The minimum Gasteiger partial charge on any atom is -0.489 e. The minimum absolute atomic E-state index is 0.00842. The number of aromatic nitrogens is 2. The van der Waals surface area contributed by atoms with E-state index in [1.165, 1.54) is 19.4 Å². The van der Waals surface area contributed by atoms with Crippen LogP contribution >= 0.6 is 0 Å². The Kier molecular flexibility index (Phi) is 13.8. The van der Waals surface area contributed by atoms with Crippen molar-refractivity contribution < 1.29 is 32.9 Å². The third-order valence-electron chi connectivity index (χ3n) is 10.2. The van der Waals surface area contributed by atoms with Crippen molar-refractivity contribution in [2.45, 2.75) is 46.3 Å². The number of hydrogen-bond donors (Lipinski definition) is 2. The molecule has 2 amide bonds. The molecule has 1 unspecified atom stereocenters. The molecule has 2 saturated heterocycles. The molecule has 2 fully saturated rings. The average molecular weight is 770 g/mol. The summed E-state index contributed by atoms with van der Waals surface area (Å²) in [7, 11) is 1.53. The molecule has 56 heavy (non-hydrogen) atoms. The van der Waals surface area contributed by atoms with Gasteiger partial charge in [0.05, 0.1) is 13.2 Å². The van der Waals surface area contributed by atoms with E-state index in [4.69, 9.17) is 18.9 Å². The van der Waals surface area contributed by atoms with Crippen molar-refractivity contribution in [3.63, 3.8) is 0 Å². The molecule has 2 N–H and O–H groups in total. The third-order valence-corrected chi connectivity index (χ3v) is 10.2. The van der Waals surface area contributed by atoms with Gasteiger partial charge in [-0.2, -0.15) is 4.98 Å². The third kappa shape index (κ3) is 10.6. The maximum absolute atomic E-state index is 15.2. The van der Waals surface area contributed by atoms with Crippen molar-refractivity contribution in [1.29, 1.82) is 0 Å². The van der Waals surface area contributed by atoms with Crippen molar-refractivity contribution in [1.82, 2.24) is 24.7 Å². The molecule has 0 radical (unpaired) electrons. The zero-order valence-corrected chi connectivity index (χ0v) is 32.8. The van der Waals surface area contributed by atoms with E-state index >= 15 is 4.39 Å². The number of amides is 2. The molecule has 2 aliphatic heterocycles. The van der Waals surface area contributed by atoms with Crippen molar-refractivity contribution in [3.05, 3.63) is 94.9 Å². The number of halogens is 1. The monoisotopic (exact) mass is 769 g/mol. The van der Waals surface area contributed by atoms with Crippen LogP contribution in [0, 0.1) is 19.7 Å². The number of hydrogen-bond acceptors (Lipinski definition) is 11. The number of rotatable bonds is 15. The lowest BCUT2D eigenvalue weighted by Crippen LogP contribution is -2.49. The minimum atomic E-state index is -0.642. The number of para-hydroxylation sites is 1. The molecule has 1 aromatic heterocycles. The Hall–Kier alpha value is -5.15. The van der Waals surface area contributed by atoms with E-state index in [2.05, 4.69) is 44.2 Å². The highest BCUT2D eigenvalue weighted by Gasteiger charge is 2.26. The fraction of sp³-hybridized carbons (Fsp3) is 0.429. The van der Waals surface area contributed by atoms with Crippen molar-refractivity contribution in [2.75, 3.05) is 83.4 Å². The normalized spacial score (nSPS) is 15.7. The smallest absolute Gasteiger partial charge is 0.262 e. The molecular weight excluding hydrogens is 718 g/mol. The van der Waals surface area contributed by atoms with E-state index < -0.39 is 17.8 Å². The van der Waals surface area contributed by atoms with Gasteiger partial charge in [0.25, 0.3) is 11.8 Å². The first-order chi connectivity index (χ1) is 27.1. The van der Waals surface area contributed by atoms with Gasteiger partial charge in [0.2, 0.25) is 11.8 Å². The summed E-state index contributed by atoms with van der Waals surface area (Å²) in [4.78, 5) is 42.2. The second-order valence-corrected chi connectivity index (χ2v) is 14.3. The Bertz CT molecular complexity index is 1930. The molecule has 0 bridgehead atoms. The Labute approximate surface area is 328 Å². The molecule has 2 aliphatic rings. The Morgan fingerprint density at radius 3 is 2.32 bits per heavy atom. The molecule has 298 valence electrons. The topological polar surface area (TPSA) is 131 Å². The molecule has 14 heteroatoms. The van der Waals surface area contributed by atoms with E-state index in [0.717, 1.165) is 49.4 Å². The number of anilines is 3. The lowest BCUT2D eigenvalue weighted by Gasteiger charge is -2.36. The summed E-state index contributed by atoms with van der Waals surface area (Å²) in [5.74, 6) is -0.412. The first kappa shape index (κ1) is 40.5. The summed E-state index contributed by atoms with van der Waals surface area (Å²) in [5, 5.41) is 6.00. The number of methoxy groups -OCH3 is 1. The van der Waals surface area contributed by atoms with E-state index in [-0.39, 0.29) is 29.0 Å². The highest BCUT2D eigenvalue weighted by molar-refractivity contribution is 6.06. The van der Waals surface area contributed by atoms with Crippen LogP contribution in [0.1, 0.15) is 40.9 Å². The van der Waals surface area contributed by atoms with Gasteiger partial charge in [-0.1, -0.05) is 30.3 Å². The maximum Gasteiger partial charge on any atom is 0.262 e. The van der Waals surface area contributed by atoms with Gasteiger partial charge >= 0.3 is 0 Å². The first-order valence-corrected chi connectivity index (χ1v) is 19.1. The second-order valence-electron chi connectivity index (χ2n) is 14.3. The van der Waals surface area contributed by atoms with Gasteiger partial charge in [-0.3, -0.25) is 19.4 Å². The lowest BCUT2D eigenvalue weighted by atomic mass is 10.1. The molecule has 0 aliphatic carbocycles.